The summed E-state index contributed by atoms with van der Waals surface area (Å²) in [4.78, 5) is 24.4. The first-order valence-corrected chi connectivity index (χ1v) is 11.1. The molecule has 0 aliphatic carbocycles. The normalized spacial score (nSPS) is 15.5. The fourth-order valence-electron chi connectivity index (χ4n) is 3.01. The van der Waals surface area contributed by atoms with E-state index >= 15 is 0 Å². The van der Waals surface area contributed by atoms with Gasteiger partial charge >= 0.3 is 0 Å². The Bertz CT molecular complexity index is 1120. The van der Waals surface area contributed by atoms with Gasteiger partial charge in [-0.05, 0) is 55.3 Å². The van der Waals surface area contributed by atoms with Gasteiger partial charge in [0.1, 0.15) is 5.76 Å². The number of anilines is 1. The second-order valence-corrected chi connectivity index (χ2v) is 9.13. The van der Waals surface area contributed by atoms with E-state index in [0.717, 1.165) is 17.2 Å². The number of hydrogen-bond acceptors (Lipinski definition) is 6. The molecule has 1 aliphatic rings. The number of rotatable bonds is 6. The van der Waals surface area contributed by atoms with E-state index in [0.29, 0.717) is 18.8 Å². The molecule has 1 fully saturated rings. The van der Waals surface area contributed by atoms with E-state index in [1.807, 2.05) is 19.9 Å². The van der Waals surface area contributed by atoms with Crippen LogP contribution in [0.5, 0.6) is 0 Å². The number of carbonyl (C=O) groups is 2. The van der Waals surface area contributed by atoms with Crippen LogP contribution in [0, 0.1) is 13.8 Å². The highest BCUT2D eigenvalue weighted by Gasteiger charge is 2.26. The molecule has 0 saturated carbocycles. The summed E-state index contributed by atoms with van der Waals surface area (Å²) in [5, 5.41) is 12.6. The summed E-state index contributed by atoms with van der Waals surface area (Å²) in [5.41, 5.74) is 2.68. The van der Waals surface area contributed by atoms with Crippen molar-refractivity contribution in [2.45, 2.75) is 18.7 Å². The van der Waals surface area contributed by atoms with Gasteiger partial charge in [-0.3, -0.25) is 9.59 Å². The summed E-state index contributed by atoms with van der Waals surface area (Å²) in [6.45, 7) is 5.06. The Morgan fingerprint density at radius 3 is 2.29 bits per heavy atom. The number of amides is 1. The molecule has 31 heavy (non-hydrogen) atoms. The lowest BCUT2D eigenvalue weighted by Crippen LogP contribution is -2.40. The van der Waals surface area contributed by atoms with Crippen LogP contribution in [0.2, 0.25) is 0 Å². The first kappa shape index (κ1) is 22.7. The summed E-state index contributed by atoms with van der Waals surface area (Å²) in [6.07, 6.45) is 0.858. The van der Waals surface area contributed by atoms with Gasteiger partial charge in [-0.25, -0.2) is 8.42 Å². The van der Waals surface area contributed by atoms with Gasteiger partial charge in [0.2, 0.25) is 15.8 Å². The lowest BCUT2D eigenvalue weighted by atomic mass is 10.0. The van der Waals surface area contributed by atoms with Crippen molar-refractivity contribution in [2.24, 2.45) is 0 Å². The molecule has 1 amide bonds. The number of ether oxygens (including phenoxy) is 1. The summed E-state index contributed by atoms with van der Waals surface area (Å²) in [6, 6.07) is 10.7. The standard InChI is InChI=1S/C22H24N2O6S/c1-15-3-4-17(13-16(15)2)20(25)14-21(26)22(27)23-18-5-7-19(8-6-18)31(28,29)24-9-11-30-12-10-24/h3-8,13-14,25H,9-12H2,1-2H3,(H,23,27)/b20-14-. The molecule has 0 radical (unpaired) electrons. The molecule has 0 aromatic heterocycles. The van der Waals surface area contributed by atoms with Crippen molar-refractivity contribution in [2.75, 3.05) is 31.6 Å². The largest absolute Gasteiger partial charge is 0.507 e. The van der Waals surface area contributed by atoms with Crippen molar-refractivity contribution in [1.29, 1.82) is 0 Å². The summed E-state index contributed by atoms with van der Waals surface area (Å²) < 4.78 is 31.8. The van der Waals surface area contributed by atoms with Crippen LogP contribution in [0.15, 0.2) is 53.4 Å². The third-order valence-corrected chi connectivity index (χ3v) is 6.93. The van der Waals surface area contributed by atoms with Gasteiger partial charge in [-0.2, -0.15) is 4.31 Å². The highest BCUT2D eigenvalue weighted by Crippen LogP contribution is 2.20. The molecule has 1 heterocycles. The summed E-state index contributed by atoms with van der Waals surface area (Å²) >= 11 is 0. The number of aryl methyl sites for hydroxylation is 2. The average Bonchev–Trinajstić information content (AvgIpc) is 2.76. The quantitative estimate of drug-likeness (QED) is 0.402. The smallest absolute Gasteiger partial charge is 0.296 e. The molecule has 3 rings (SSSR count). The first-order valence-electron chi connectivity index (χ1n) is 9.70. The van der Waals surface area contributed by atoms with E-state index < -0.39 is 21.7 Å². The number of ketones is 1. The van der Waals surface area contributed by atoms with E-state index in [-0.39, 0.29) is 29.4 Å². The minimum Gasteiger partial charge on any atom is -0.507 e. The topological polar surface area (TPSA) is 113 Å². The highest BCUT2D eigenvalue weighted by molar-refractivity contribution is 7.89. The van der Waals surface area contributed by atoms with Gasteiger partial charge in [0, 0.05) is 30.4 Å². The van der Waals surface area contributed by atoms with Crippen LogP contribution in [0.4, 0.5) is 5.69 Å². The molecule has 9 heteroatoms. The monoisotopic (exact) mass is 444 g/mol. The number of nitrogens with zero attached hydrogens (tertiary/aromatic N) is 1. The second kappa shape index (κ2) is 9.42. The molecule has 2 aromatic rings. The molecule has 2 aromatic carbocycles. The van der Waals surface area contributed by atoms with Gasteiger partial charge in [-0.1, -0.05) is 12.1 Å². The molecule has 2 N–H and O–H groups in total. The van der Waals surface area contributed by atoms with Crippen LogP contribution < -0.4 is 5.32 Å². The Hall–Kier alpha value is -3.01. The maximum atomic E-state index is 12.6. The number of benzene rings is 2. The summed E-state index contributed by atoms with van der Waals surface area (Å²) in [5.74, 6) is -2.19. The molecular weight excluding hydrogens is 420 g/mol. The minimum atomic E-state index is -3.65. The van der Waals surface area contributed by atoms with E-state index in [2.05, 4.69) is 5.32 Å². The van der Waals surface area contributed by atoms with Crippen molar-refractivity contribution >= 4 is 33.2 Å². The highest BCUT2D eigenvalue weighted by atomic mass is 32.2. The third-order valence-electron chi connectivity index (χ3n) is 5.01. The Morgan fingerprint density at radius 1 is 1.03 bits per heavy atom. The van der Waals surface area contributed by atoms with Crippen LogP contribution in [0.25, 0.3) is 5.76 Å². The number of sulfonamides is 1. The van der Waals surface area contributed by atoms with Crippen LogP contribution in [-0.2, 0) is 24.3 Å². The van der Waals surface area contributed by atoms with Crippen LogP contribution in [0.1, 0.15) is 16.7 Å². The molecule has 1 saturated heterocycles. The molecule has 8 nitrogen and oxygen atoms in total. The van der Waals surface area contributed by atoms with Crippen molar-refractivity contribution in [3.8, 4) is 0 Å². The van der Waals surface area contributed by atoms with Crippen LogP contribution >= 0.6 is 0 Å². The van der Waals surface area contributed by atoms with Crippen molar-refractivity contribution < 1.29 is 27.9 Å². The van der Waals surface area contributed by atoms with Gasteiger partial charge in [-0.15, -0.1) is 0 Å². The van der Waals surface area contributed by atoms with Crippen LogP contribution in [-0.4, -0.2) is 55.8 Å². The zero-order valence-corrected chi connectivity index (χ0v) is 18.1. The van der Waals surface area contributed by atoms with Crippen LogP contribution in [0.3, 0.4) is 0 Å². The number of hydrogen-bond donors (Lipinski definition) is 2. The van der Waals surface area contributed by atoms with E-state index in [4.69, 9.17) is 4.74 Å². The molecule has 0 unspecified atom stereocenters. The fraction of sp³-hybridized carbons (Fsp3) is 0.273. The lowest BCUT2D eigenvalue weighted by Gasteiger charge is -2.26. The van der Waals surface area contributed by atoms with Gasteiger partial charge in [0.25, 0.3) is 5.91 Å². The Morgan fingerprint density at radius 2 is 1.68 bits per heavy atom. The van der Waals surface area contributed by atoms with Crippen molar-refractivity contribution in [3.05, 3.63) is 65.2 Å². The van der Waals surface area contributed by atoms with E-state index in [1.54, 1.807) is 12.1 Å². The maximum absolute atomic E-state index is 12.6. The van der Waals surface area contributed by atoms with Gasteiger partial charge in [0.05, 0.1) is 18.1 Å². The van der Waals surface area contributed by atoms with E-state index in [9.17, 15) is 23.1 Å². The fourth-order valence-corrected chi connectivity index (χ4v) is 4.42. The zero-order valence-electron chi connectivity index (χ0n) is 17.3. The number of nitrogens with one attached hydrogen (secondary N) is 1. The SMILES string of the molecule is Cc1ccc(/C(O)=C/C(=O)C(=O)Nc2ccc(S(=O)(=O)N3CCOCC3)cc2)cc1C. The molecule has 0 bridgehead atoms. The molecule has 0 spiro atoms. The molecule has 0 atom stereocenters. The second-order valence-electron chi connectivity index (χ2n) is 7.19. The Kier molecular flexibility index (Phi) is 6.89. The molecule has 164 valence electrons. The predicted octanol–water partition coefficient (Wildman–Crippen LogP) is 2.43. The van der Waals surface area contributed by atoms with Gasteiger partial charge in [0.15, 0.2) is 0 Å². The zero-order chi connectivity index (χ0) is 22.6. The van der Waals surface area contributed by atoms with Crippen molar-refractivity contribution in [1.82, 2.24) is 4.31 Å². The van der Waals surface area contributed by atoms with E-state index in [1.165, 1.54) is 28.6 Å². The minimum absolute atomic E-state index is 0.0889. The van der Waals surface area contributed by atoms with Gasteiger partial charge < -0.3 is 15.2 Å². The lowest BCUT2D eigenvalue weighted by molar-refractivity contribution is -0.131. The average molecular weight is 445 g/mol. The number of morpholine rings is 1. The maximum Gasteiger partial charge on any atom is 0.296 e. The Balaban J connectivity index is 1.67. The molecular formula is C22H24N2O6S. The predicted molar refractivity (Wildman–Crippen MR) is 116 cm³/mol. The number of aliphatic hydroxyl groups excluding tert-OH is 1. The summed E-state index contributed by atoms with van der Waals surface area (Å²) in [7, 11) is -3.65. The molecule has 1 aliphatic heterocycles. The number of carbonyl (C=O) groups excluding carboxylic acids is 2. The Labute approximate surface area is 181 Å². The number of aliphatic hydroxyl groups is 1. The first-order chi connectivity index (χ1) is 14.7. The third kappa shape index (κ3) is 5.38. The van der Waals surface area contributed by atoms with Crippen molar-refractivity contribution in [3.63, 3.8) is 0 Å².